The molecule has 0 aromatic heterocycles. The number of ether oxygens (including phenoxy) is 2. The van der Waals surface area contributed by atoms with Gasteiger partial charge >= 0.3 is 0 Å². The van der Waals surface area contributed by atoms with E-state index in [2.05, 4.69) is 0 Å². The van der Waals surface area contributed by atoms with Gasteiger partial charge in [-0.05, 0) is 38.0 Å². The second-order valence-corrected chi connectivity index (χ2v) is 2.93. The van der Waals surface area contributed by atoms with Crippen LogP contribution in [0.5, 0.6) is 11.5 Å². The van der Waals surface area contributed by atoms with Crippen LogP contribution in [0.1, 0.15) is 20.7 Å². The predicted molar refractivity (Wildman–Crippen MR) is 54.8 cm³/mol. The molecule has 0 bridgehead atoms. The lowest BCUT2D eigenvalue weighted by molar-refractivity contribution is 0.174. The lowest BCUT2D eigenvalue weighted by atomic mass is 10.1. The quantitative estimate of drug-likeness (QED) is 0.803. The second-order valence-electron chi connectivity index (χ2n) is 2.93. The van der Waals surface area contributed by atoms with Crippen molar-refractivity contribution >= 4 is 0 Å². The summed E-state index contributed by atoms with van der Waals surface area (Å²) in [4.78, 5) is 0. The van der Waals surface area contributed by atoms with Gasteiger partial charge in [-0.15, -0.1) is 0 Å². The number of fused-ring (bicyclic) bond motifs is 1. The normalized spacial score (nSPS) is 28.9. The summed E-state index contributed by atoms with van der Waals surface area (Å²) >= 11 is 0. The van der Waals surface area contributed by atoms with E-state index in [0.29, 0.717) is 0 Å². The highest BCUT2D eigenvalue weighted by Crippen LogP contribution is 2.32. The monoisotopic (exact) mass is 200 g/mol. The standard InChI is InChI=1S/C11H15NO2/c1-8(12-2)5-9-3-4-10-11(6-9)14-7-13-10/h3-4,6,8,12H,5,7H2,1-2H3/i3D,4D,6D,7D2,8D/hD. The van der Waals surface area contributed by atoms with Crippen LogP contribution >= 0.6 is 0 Å². The maximum atomic E-state index is 8.02. The minimum atomic E-state index is -2.48. The molecule has 3 nitrogen and oxygen atoms in total. The summed E-state index contributed by atoms with van der Waals surface area (Å²) in [7, 11) is 1.38. The number of nitrogens with one attached hydrogen (secondary N) is 1. The van der Waals surface area contributed by atoms with Crippen LogP contribution in [0.4, 0.5) is 0 Å². The van der Waals surface area contributed by atoms with Crippen LogP contribution < -0.4 is 14.8 Å². The van der Waals surface area contributed by atoms with E-state index in [4.69, 9.17) is 19.1 Å². The van der Waals surface area contributed by atoms with Crippen LogP contribution in [0.3, 0.4) is 0 Å². The number of hydrogen-bond donors (Lipinski definition) is 1. The lowest BCUT2D eigenvalue weighted by Gasteiger charge is -2.09. The molecule has 1 unspecified atom stereocenters. The number of rotatable bonds is 3. The zero-order valence-electron chi connectivity index (χ0n) is 15.0. The van der Waals surface area contributed by atoms with Gasteiger partial charge in [0.2, 0.25) is 6.75 Å². The van der Waals surface area contributed by atoms with Crippen LogP contribution in [0.2, 0.25) is 1.41 Å². The Labute approximate surface area is 93.9 Å². The molecular weight excluding hydrogens is 178 g/mol. The maximum absolute atomic E-state index is 8.02. The van der Waals surface area contributed by atoms with E-state index >= 15 is 0 Å². The van der Waals surface area contributed by atoms with Crippen molar-refractivity contribution in [2.45, 2.75) is 19.4 Å². The molecule has 0 radical (unpaired) electrons. The van der Waals surface area contributed by atoms with E-state index < -0.39 is 12.8 Å². The van der Waals surface area contributed by atoms with Crippen molar-refractivity contribution in [3.63, 3.8) is 0 Å². The molecule has 1 N–H and O–H groups in total. The fourth-order valence-corrected chi connectivity index (χ4v) is 1.09. The summed E-state index contributed by atoms with van der Waals surface area (Å²) in [5.74, 6) is -0.510. The van der Waals surface area contributed by atoms with Gasteiger partial charge in [0, 0.05) is 7.39 Å². The molecule has 1 aromatic carbocycles. The van der Waals surface area contributed by atoms with E-state index in [1.165, 1.54) is 14.0 Å². The van der Waals surface area contributed by atoms with Gasteiger partial charge in [0.15, 0.2) is 11.5 Å². The highest BCUT2D eigenvalue weighted by Gasteiger charge is 2.13. The molecule has 0 amide bonds. The zero-order chi connectivity index (χ0) is 16.2. The van der Waals surface area contributed by atoms with Gasteiger partial charge in [-0.1, -0.05) is 6.04 Å². The summed E-state index contributed by atoms with van der Waals surface area (Å²) in [5.41, 5.74) is 0.0525. The average Bonchev–Trinajstić information content (AvgIpc) is 2.68. The second kappa shape index (κ2) is 3.88. The first-order chi connectivity index (χ1) is 9.46. The molecule has 1 aliphatic heterocycles. The maximum Gasteiger partial charge on any atom is 0.231 e. The molecule has 1 aromatic rings. The Morgan fingerprint density at radius 2 is 2.50 bits per heavy atom. The molecule has 3 heteroatoms. The van der Waals surface area contributed by atoms with Gasteiger partial charge in [-0.25, -0.2) is 0 Å². The van der Waals surface area contributed by atoms with Crippen molar-refractivity contribution in [2.24, 2.45) is 0 Å². The third-order valence-electron chi connectivity index (χ3n) is 1.90. The Hall–Kier alpha value is -1.22. The van der Waals surface area contributed by atoms with E-state index in [1.807, 2.05) is 0 Å². The highest BCUT2D eigenvalue weighted by molar-refractivity contribution is 5.44. The SMILES string of the molecule is [2H]c1c([2H])c2c(c([2H])c1CC([2H])(C)N([2H])C)OC([2H])([2H])O2. The van der Waals surface area contributed by atoms with Crippen LogP contribution in [-0.2, 0) is 6.42 Å². The third-order valence-corrected chi connectivity index (χ3v) is 1.90. The van der Waals surface area contributed by atoms with Crippen molar-refractivity contribution in [1.29, 1.82) is 0 Å². The lowest BCUT2D eigenvalue weighted by Crippen LogP contribution is -2.23. The first-order valence-corrected chi connectivity index (χ1v) is 4.19. The number of hydrogen-bond acceptors (Lipinski definition) is 3. The molecule has 1 heterocycles. The van der Waals surface area contributed by atoms with Crippen molar-refractivity contribution in [1.82, 2.24) is 5.31 Å². The predicted octanol–water partition coefficient (Wildman–Crippen LogP) is 1.57. The van der Waals surface area contributed by atoms with Gasteiger partial charge in [-0.2, -0.15) is 0 Å². The highest BCUT2D eigenvalue weighted by atomic mass is 16.7. The Morgan fingerprint density at radius 1 is 1.71 bits per heavy atom. The molecule has 0 aliphatic carbocycles. The zero-order valence-corrected chi connectivity index (χ0v) is 7.97. The number of benzene rings is 1. The van der Waals surface area contributed by atoms with Crippen molar-refractivity contribution in [3.8, 4) is 11.5 Å². The van der Waals surface area contributed by atoms with E-state index in [1.54, 1.807) is 0 Å². The Morgan fingerprint density at radius 3 is 3.29 bits per heavy atom. The molecule has 14 heavy (non-hydrogen) atoms. The Bertz CT molecular complexity index is 589. The molecule has 0 saturated carbocycles. The molecule has 2 rings (SSSR count). The Balaban J connectivity index is 2.54. The van der Waals surface area contributed by atoms with Gasteiger partial charge < -0.3 is 14.8 Å². The summed E-state index contributed by atoms with van der Waals surface area (Å²) < 4.78 is 63.7. The van der Waals surface area contributed by atoms with Gasteiger partial charge in [0.25, 0.3) is 0 Å². The van der Waals surface area contributed by atoms with E-state index in [0.717, 1.165) is 5.31 Å². The fourth-order valence-electron chi connectivity index (χ4n) is 1.09. The summed E-state index contributed by atoms with van der Waals surface area (Å²) in [6.07, 6.45) is -0.143. The summed E-state index contributed by atoms with van der Waals surface area (Å²) in [6.45, 7) is -1.03. The van der Waals surface area contributed by atoms with Crippen molar-refractivity contribution in [3.05, 3.63) is 23.7 Å². The number of likely N-dealkylation sites (N-methyl/N-ethyl adjacent to an activating group) is 1. The first-order valence-electron chi connectivity index (χ1n) is 7.64. The third kappa shape index (κ3) is 1.82. The topological polar surface area (TPSA) is 30.5 Å². The average molecular weight is 200 g/mol. The summed E-state index contributed by atoms with van der Waals surface area (Å²) in [6, 6.07) is -2.39. The van der Waals surface area contributed by atoms with Crippen LogP contribution in [0.25, 0.3) is 0 Å². The minimum Gasteiger partial charge on any atom is -0.454 e. The van der Waals surface area contributed by atoms with Gasteiger partial charge in [0.05, 0.1) is 4.11 Å². The van der Waals surface area contributed by atoms with Crippen LogP contribution in [0, 0.1) is 0 Å². The Kier molecular flexibility index (Phi) is 1.14. The fraction of sp³-hybridized carbons (Fsp3) is 0.455. The molecule has 76 valence electrons. The van der Waals surface area contributed by atoms with Gasteiger partial charge in [-0.3, -0.25) is 0 Å². The first kappa shape index (κ1) is 4.11. The molecule has 0 spiro atoms. The molecule has 1 aliphatic rings. The van der Waals surface area contributed by atoms with Crippen molar-refractivity contribution in [2.75, 3.05) is 13.8 Å². The minimum absolute atomic E-state index is 0.0525. The summed E-state index contributed by atoms with van der Waals surface area (Å²) in [5, 5.41) is 0.888. The van der Waals surface area contributed by atoms with E-state index in [-0.39, 0.29) is 41.6 Å². The van der Waals surface area contributed by atoms with Crippen LogP contribution in [-0.4, -0.2) is 19.8 Å². The largest absolute Gasteiger partial charge is 0.454 e. The smallest absolute Gasteiger partial charge is 0.231 e. The van der Waals surface area contributed by atoms with Gasteiger partial charge in [0.1, 0.15) is 4.15 Å². The molecule has 0 fully saturated rings. The molecule has 0 saturated heterocycles. The van der Waals surface area contributed by atoms with Crippen molar-refractivity contribution < 1.29 is 19.1 Å². The van der Waals surface area contributed by atoms with E-state index in [9.17, 15) is 0 Å². The van der Waals surface area contributed by atoms with Crippen LogP contribution in [0.15, 0.2) is 18.1 Å². The molecular formula is C11H15NO2. The molecule has 1 atom stereocenters.